The summed E-state index contributed by atoms with van der Waals surface area (Å²) in [5.74, 6) is -0.0817. The third-order valence-electron chi connectivity index (χ3n) is 3.83. The summed E-state index contributed by atoms with van der Waals surface area (Å²) >= 11 is 0. The molecule has 0 unspecified atom stereocenters. The Kier molecular flexibility index (Phi) is 2.44. The summed E-state index contributed by atoms with van der Waals surface area (Å²) < 4.78 is 46.0. The number of nitrogens with one attached hydrogen (secondary N) is 1. The molecular formula is C9H14N2O5S2. The zero-order valence-corrected chi connectivity index (χ0v) is 11.2. The second-order valence-corrected chi connectivity index (χ2v) is 9.55. The highest BCUT2D eigenvalue weighted by molar-refractivity contribution is 7.92. The summed E-state index contributed by atoms with van der Waals surface area (Å²) in [6.45, 7) is 0. The summed E-state index contributed by atoms with van der Waals surface area (Å²) in [5.41, 5.74) is 0. The van der Waals surface area contributed by atoms with Gasteiger partial charge in [-0.3, -0.25) is 0 Å². The minimum Gasteiger partial charge on any atom is -0.332 e. The van der Waals surface area contributed by atoms with Gasteiger partial charge in [0.15, 0.2) is 19.7 Å². The first-order chi connectivity index (χ1) is 8.27. The van der Waals surface area contributed by atoms with Crippen molar-refractivity contribution in [3.8, 4) is 0 Å². The number of sulfone groups is 2. The summed E-state index contributed by atoms with van der Waals surface area (Å²) in [6.07, 6.45) is 0.402. The maximum Gasteiger partial charge on any atom is 0.318 e. The van der Waals surface area contributed by atoms with Crippen molar-refractivity contribution in [1.82, 2.24) is 10.2 Å². The van der Waals surface area contributed by atoms with Crippen molar-refractivity contribution < 1.29 is 21.6 Å². The number of amides is 2. The average Bonchev–Trinajstić information content (AvgIpc) is 2.75. The third-order valence-corrected chi connectivity index (χ3v) is 7.29. The number of fused-ring (bicyclic) bond motifs is 1. The van der Waals surface area contributed by atoms with Crippen molar-refractivity contribution >= 4 is 25.7 Å². The molecule has 3 heterocycles. The van der Waals surface area contributed by atoms with Crippen molar-refractivity contribution in [3.63, 3.8) is 0 Å². The van der Waals surface area contributed by atoms with Gasteiger partial charge in [0.05, 0.1) is 35.1 Å². The van der Waals surface area contributed by atoms with Crippen LogP contribution in [-0.4, -0.2) is 68.9 Å². The van der Waals surface area contributed by atoms with E-state index in [0.29, 0.717) is 6.42 Å². The zero-order valence-electron chi connectivity index (χ0n) is 9.57. The molecule has 1 N–H and O–H groups in total. The molecule has 9 heteroatoms. The standard InChI is InChI=1S/C9H14N2O5S2/c12-9-10-7-4-18(15,16)5-8(7)11(9)6-1-2-17(13,14)3-6/h6-8H,1-5H2,(H,10,12)/t6-,7+,8+/m1/s1. The van der Waals surface area contributed by atoms with Gasteiger partial charge in [-0.2, -0.15) is 0 Å². The fourth-order valence-corrected chi connectivity index (χ4v) is 6.67. The Morgan fingerprint density at radius 2 is 1.78 bits per heavy atom. The van der Waals surface area contributed by atoms with E-state index in [1.807, 2.05) is 0 Å². The number of hydrogen-bond donors (Lipinski definition) is 1. The van der Waals surface area contributed by atoms with E-state index in [9.17, 15) is 21.6 Å². The van der Waals surface area contributed by atoms with Crippen LogP contribution >= 0.6 is 0 Å². The quantitative estimate of drug-likeness (QED) is 0.585. The van der Waals surface area contributed by atoms with Crippen molar-refractivity contribution in [2.75, 3.05) is 23.0 Å². The van der Waals surface area contributed by atoms with Gasteiger partial charge in [0.25, 0.3) is 0 Å². The SMILES string of the molecule is O=C1N[C@H]2CS(=O)(=O)C[C@@H]2N1[C@@H]1CCS(=O)(=O)C1. The molecule has 3 rings (SSSR count). The Bertz CT molecular complexity index is 596. The normalized spacial score (nSPS) is 40.8. The molecule has 0 saturated carbocycles. The Morgan fingerprint density at radius 3 is 2.39 bits per heavy atom. The molecule has 18 heavy (non-hydrogen) atoms. The van der Waals surface area contributed by atoms with Crippen molar-refractivity contribution in [2.24, 2.45) is 0 Å². The third kappa shape index (κ3) is 1.89. The van der Waals surface area contributed by atoms with Crippen LogP contribution in [0, 0.1) is 0 Å². The summed E-state index contributed by atoms with van der Waals surface area (Å²) in [6, 6.07) is -1.49. The molecule has 0 aromatic carbocycles. The van der Waals surface area contributed by atoms with Gasteiger partial charge in [-0.25, -0.2) is 21.6 Å². The number of carbonyl (C=O) groups excluding carboxylic acids is 1. The van der Waals surface area contributed by atoms with E-state index in [1.165, 1.54) is 4.90 Å². The number of hydrogen-bond acceptors (Lipinski definition) is 5. The van der Waals surface area contributed by atoms with Crippen molar-refractivity contribution in [3.05, 3.63) is 0 Å². The molecule has 7 nitrogen and oxygen atoms in total. The molecule has 3 saturated heterocycles. The number of urea groups is 1. The van der Waals surface area contributed by atoms with Crippen LogP contribution in [-0.2, 0) is 19.7 Å². The highest BCUT2D eigenvalue weighted by atomic mass is 32.2. The lowest BCUT2D eigenvalue weighted by Gasteiger charge is -2.26. The smallest absolute Gasteiger partial charge is 0.318 e. The first-order valence-electron chi connectivity index (χ1n) is 5.77. The number of carbonyl (C=O) groups is 1. The molecule has 0 radical (unpaired) electrons. The predicted octanol–water partition coefficient (Wildman–Crippen LogP) is -1.64. The van der Waals surface area contributed by atoms with Crippen LogP contribution in [0.3, 0.4) is 0 Å². The second kappa shape index (κ2) is 3.60. The Balaban J connectivity index is 1.86. The van der Waals surface area contributed by atoms with E-state index in [-0.39, 0.29) is 41.1 Å². The van der Waals surface area contributed by atoms with Crippen LogP contribution in [0.25, 0.3) is 0 Å². The van der Waals surface area contributed by atoms with Crippen LogP contribution < -0.4 is 5.32 Å². The molecule has 3 aliphatic heterocycles. The molecule has 0 aromatic heterocycles. The Hall–Kier alpha value is -0.830. The van der Waals surface area contributed by atoms with E-state index in [0.717, 1.165) is 0 Å². The van der Waals surface area contributed by atoms with Gasteiger partial charge in [0, 0.05) is 6.04 Å². The summed E-state index contributed by atoms with van der Waals surface area (Å²) in [4.78, 5) is 13.3. The molecule has 0 spiro atoms. The lowest BCUT2D eigenvalue weighted by Crippen LogP contribution is -2.45. The molecule has 3 aliphatic rings. The van der Waals surface area contributed by atoms with E-state index in [1.54, 1.807) is 0 Å². The van der Waals surface area contributed by atoms with E-state index in [4.69, 9.17) is 0 Å². The van der Waals surface area contributed by atoms with E-state index in [2.05, 4.69) is 5.32 Å². The Morgan fingerprint density at radius 1 is 1.06 bits per heavy atom. The molecular weight excluding hydrogens is 280 g/mol. The van der Waals surface area contributed by atoms with Crippen LogP contribution in [0.4, 0.5) is 4.79 Å². The predicted molar refractivity (Wildman–Crippen MR) is 63.7 cm³/mol. The van der Waals surface area contributed by atoms with Crippen LogP contribution in [0.5, 0.6) is 0 Å². The molecule has 0 aliphatic carbocycles. The maximum absolute atomic E-state index is 11.8. The molecule has 3 fully saturated rings. The topological polar surface area (TPSA) is 101 Å². The molecule has 2 amide bonds. The fourth-order valence-electron chi connectivity index (χ4n) is 3.06. The molecule has 0 aromatic rings. The van der Waals surface area contributed by atoms with Crippen molar-refractivity contribution in [1.29, 1.82) is 0 Å². The van der Waals surface area contributed by atoms with Gasteiger partial charge in [-0.1, -0.05) is 0 Å². The molecule has 0 bridgehead atoms. The van der Waals surface area contributed by atoms with Gasteiger partial charge in [0.1, 0.15) is 0 Å². The second-order valence-electron chi connectivity index (χ2n) is 5.16. The largest absolute Gasteiger partial charge is 0.332 e. The molecule has 3 atom stereocenters. The van der Waals surface area contributed by atoms with Crippen LogP contribution in [0.1, 0.15) is 6.42 Å². The first-order valence-corrected chi connectivity index (χ1v) is 9.41. The number of rotatable bonds is 1. The molecule has 102 valence electrons. The minimum atomic E-state index is -3.13. The maximum atomic E-state index is 11.8. The lowest BCUT2D eigenvalue weighted by atomic mass is 10.1. The minimum absolute atomic E-state index is 0.0423. The summed E-state index contributed by atoms with van der Waals surface area (Å²) in [5, 5.41) is 2.64. The highest BCUT2D eigenvalue weighted by Crippen LogP contribution is 2.29. The zero-order chi connectivity index (χ0) is 13.1. The van der Waals surface area contributed by atoms with Gasteiger partial charge in [-0.15, -0.1) is 0 Å². The van der Waals surface area contributed by atoms with E-state index < -0.39 is 25.7 Å². The van der Waals surface area contributed by atoms with Crippen LogP contribution in [0.2, 0.25) is 0 Å². The fraction of sp³-hybridized carbons (Fsp3) is 0.889. The monoisotopic (exact) mass is 294 g/mol. The summed E-state index contributed by atoms with van der Waals surface area (Å²) in [7, 11) is -6.21. The highest BCUT2D eigenvalue weighted by Gasteiger charge is 2.52. The number of nitrogens with zero attached hydrogens (tertiary/aromatic N) is 1. The first kappa shape index (κ1) is 12.2. The van der Waals surface area contributed by atoms with Crippen molar-refractivity contribution in [2.45, 2.75) is 24.5 Å². The van der Waals surface area contributed by atoms with Gasteiger partial charge in [-0.05, 0) is 6.42 Å². The lowest BCUT2D eigenvalue weighted by molar-refractivity contribution is 0.186. The Labute approximate surface area is 105 Å². The average molecular weight is 294 g/mol. The van der Waals surface area contributed by atoms with E-state index >= 15 is 0 Å². The van der Waals surface area contributed by atoms with Crippen LogP contribution in [0.15, 0.2) is 0 Å². The van der Waals surface area contributed by atoms with Gasteiger partial charge < -0.3 is 10.2 Å². The van der Waals surface area contributed by atoms with Gasteiger partial charge >= 0.3 is 6.03 Å². The van der Waals surface area contributed by atoms with Gasteiger partial charge in [0.2, 0.25) is 0 Å².